The number of quaternary nitrogens is 1. The number of hydrogen-bond donors (Lipinski definition) is 1. The third-order valence-corrected chi connectivity index (χ3v) is 13.1. The van der Waals surface area contributed by atoms with Crippen molar-refractivity contribution in [2.24, 2.45) is 5.92 Å². The molecule has 0 amide bonds. The zero-order chi connectivity index (χ0) is 38.2. The molecule has 1 aromatic heterocycles. The quantitative estimate of drug-likeness (QED) is 0.111. The van der Waals surface area contributed by atoms with E-state index < -0.39 is 49.8 Å². The zero-order valence-corrected chi connectivity index (χ0v) is 32.3. The number of halogens is 4. The molecule has 1 N–H and O–H groups in total. The van der Waals surface area contributed by atoms with Crippen LogP contribution < -0.4 is 4.74 Å². The van der Waals surface area contributed by atoms with Crippen LogP contribution in [0.15, 0.2) is 70.8 Å². The molecule has 15 heteroatoms. The van der Waals surface area contributed by atoms with Crippen LogP contribution >= 0.6 is 23.4 Å². The van der Waals surface area contributed by atoms with Gasteiger partial charge in [0.05, 0.1) is 56.1 Å². The van der Waals surface area contributed by atoms with Crippen LogP contribution in [0.2, 0.25) is 5.02 Å². The molecule has 0 unspecified atom stereocenters. The Morgan fingerprint density at radius 3 is 2.29 bits per heavy atom. The molecule has 1 aliphatic rings. The highest BCUT2D eigenvalue weighted by Gasteiger charge is 2.38. The van der Waals surface area contributed by atoms with Gasteiger partial charge in [-0.25, -0.2) is 26.6 Å². The highest BCUT2D eigenvalue weighted by molar-refractivity contribution is 7.98. The van der Waals surface area contributed by atoms with E-state index in [-0.39, 0.29) is 23.8 Å². The summed E-state index contributed by atoms with van der Waals surface area (Å²) in [6, 6.07) is 11.2. The molecule has 0 radical (unpaired) electrons. The highest BCUT2D eigenvalue weighted by Crippen LogP contribution is 2.40. The Labute approximate surface area is 312 Å². The molecule has 0 saturated carbocycles. The van der Waals surface area contributed by atoms with Crippen molar-refractivity contribution in [2.45, 2.75) is 60.9 Å². The number of methoxy groups -OCH3 is 1. The van der Waals surface area contributed by atoms with E-state index in [2.05, 4.69) is 19.1 Å². The minimum Gasteiger partial charge on any atom is -0.495 e. The fraction of sp³-hybridized carbons (Fsp3) is 0.405. The summed E-state index contributed by atoms with van der Waals surface area (Å²) in [4.78, 5) is 15.9. The van der Waals surface area contributed by atoms with Gasteiger partial charge in [0.15, 0.2) is 5.16 Å². The first-order valence-electron chi connectivity index (χ1n) is 16.7. The second-order valence-electron chi connectivity index (χ2n) is 14.3. The predicted octanol–water partition coefficient (Wildman–Crippen LogP) is 7.52. The summed E-state index contributed by atoms with van der Waals surface area (Å²) in [5.74, 6) is -3.90. The topological polar surface area (TPSA) is 102 Å². The Morgan fingerprint density at radius 1 is 1.10 bits per heavy atom. The van der Waals surface area contributed by atoms with Gasteiger partial charge >= 0.3 is 5.97 Å². The number of imidazole rings is 1. The minimum absolute atomic E-state index is 0.0792. The predicted molar refractivity (Wildman–Crippen MR) is 195 cm³/mol. The van der Waals surface area contributed by atoms with Crippen LogP contribution in [0.3, 0.4) is 0 Å². The molecule has 4 aromatic rings. The van der Waals surface area contributed by atoms with Crippen molar-refractivity contribution in [1.29, 1.82) is 0 Å². The normalized spacial score (nSPS) is 15.9. The first kappa shape index (κ1) is 39.6. The molecule has 1 saturated heterocycles. The van der Waals surface area contributed by atoms with Crippen LogP contribution in [0.1, 0.15) is 50.4 Å². The molecule has 52 heavy (non-hydrogen) atoms. The first-order chi connectivity index (χ1) is 24.4. The monoisotopic (exact) mass is 779 g/mol. The number of likely N-dealkylation sites (tertiary alicyclic amines) is 1. The van der Waals surface area contributed by atoms with Crippen molar-refractivity contribution >= 4 is 39.4 Å². The van der Waals surface area contributed by atoms with E-state index in [0.29, 0.717) is 40.2 Å². The maximum atomic E-state index is 15.8. The molecule has 5 rings (SSSR count). The van der Waals surface area contributed by atoms with Gasteiger partial charge in [0, 0.05) is 41.8 Å². The molecule has 2 heterocycles. The Balaban J connectivity index is 1.46. The summed E-state index contributed by atoms with van der Waals surface area (Å²) >= 11 is 7.30. The number of carboxylic acid groups (broad SMARTS) is 1. The number of nitrogens with zero attached hydrogens (tertiary/aromatic N) is 4. The largest absolute Gasteiger partial charge is 0.495 e. The summed E-state index contributed by atoms with van der Waals surface area (Å²) < 4.78 is 82.0. The number of sulfonamides is 1. The van der Waals surface area contributed by atoms with Crippen molar-refractivity contribution in [3.05, 3.63) is 100 Å². The van der Waals surface area contributed by atoms with Gasteiger partial charge in [0.2, 0.25) is 10.0 Å². The van der Waals surface area contributed by atoms with Crippen molar-refractivity contribution < 1.29 is 40.7 Å². The maximum Gasteiger partial charge on any atom is 0.321 e. The number of ether oxygens (including phenoxy) is 1. The molecule has 280 valence electrons. The molecule has 1 aliphatic heterocycles. The van der Waals surface area contributed by atoms with E-state index in [0.717, 1.165) is 51.3 Å². The third kappa shape index (κ3) is 8.31. The average molecular weight is 780 g/mol. The number of benzene rings is 3. The van der Waals surface area contributed by atoms with Gasteiger partial charge in [0.1, 0.15) is 29.2 Å². The number of rotatable bonds is 13. The molecular weight excluding hydrogens is 737 g/mol. The Morgan fingerprint density at radius 2 is 1.71 bits per heavy atom. The Hall–Kier alpha value is -3.56. The molecule has 1 fully saturated rings. The van der Waals surface area contributed by atoms with E-state index in [1.54, 1.807) is 29.0 Å². The van der Waals surface area contributed by atoms with Gasteiger partial charge < -0.3 is 14.3 Å². The maximum absolute atomic E-state index is 15.8. The SMILES string of the molecule is COc1cc(C(C)(C)c2cnc(SCc3c(F)cc(S(=O)(=O)N(CC4CC[N+](C)(C)CC4)[C@H](C)C(=O)O)cc3F)n2-c2ccc(F)cc2)ccc1Cl. The first-order valence-corrected chi connectivity index (χ1v) is 19.5. The zero-order valence-electron chi connectivity index (χ0n) is 29.9. The lowest BCUT2D eigenvalue weighted by atomic mass is 9.81. The molecule has 0 bridgehead atoms. The number of hydrogen-bond acceptors (Lipinski definition) is 6. The fourth-order valence-electron chi connectivity index (χ4n) is 6.40. The van der Waals surface area contributed by atoms with Crippen LogP contribution in [0, 0.1) is 23.4 Å². The van der Waals surface area contributed by atoms with E-state index in [9.17, 15) is 22.7 Å². The Kier molecular flexibility index (Phi) is 11.8. The summed E-state index contributed by atoms with van der Waals surface area (Å²) in [5.41, 5.74) is 0.977. The summed E-state index contributed by atoms with van der Waals surface area (Å²) in [5, 5.41) is 10.6. The van der Waals surface area contributed by atoms with Gasteiger partial charge in [-0.05, 0) is 66.9 Å². The third-order valence-electron chi connectivity index (χ3n) is 9.91. The number of aliphatic carboxylic acids is 1. The summed E-state index contributed by atoms with van der Waals surface area (Å²) in [7, 11) is 1.06. The molecule has 9 nitrogen and oxygen atoms in total. The van der Waals surface area contributed by atoms with Crippen molar-refractivity contribution in [3.63, 3.8) is 0 Å². The second kappa shape index (κ2) is 15.4. The molecular formula is C37H43ClF3N4O5S2+. The van der Waals surface area contributed by atoms with Crippen LogP contribution in [0.5, 0.6) is 5.75 Å². The van der Waals surface area contributed by atoms with Gasteiger partial charge in [-0.2, -0.15) is 4.31 Å². The molecule has 0 spiro atoms. The number of carboxylic acids is 1. The number of aromatic nitrogens is 2. The van der Waals surface area contributed by atoms with E-state index in [1.165, 1.54) is 26.2 Å². The van der Waals surface area contributed by atoms with Crippen molar-refractivity contribution in [3.8, 4) is 11.4 Å². The smallest absolute Gasteiger partial charge is 0.321 e. The minimum atomic E-state index is -4.60. The second-order valence-corrected chi connectivity index (χ2v) is 17.5. The fourth-order valence-corrected chi connectivity index (χ4v) is 9.29. The van der Waals surface area contributed by atoms with Gasteiger partial charge in [-0.1, -0.05) is 43.3 Å². The van der Waals surface area contributed by atoms with Crippen LogP contribution in [0.4, 0.5) is 13.2 Å². The van der Waals surface area contributed by atoms with Gasteiger partial charge in [-0.3, -0.25) is 9.36 Å². The lowest BCUT2D eigenvalue weighted by Crippen LogP contribution is -2.50. The van der Waals surface area contributed by atoms with Gasteiger partial charge in [0.25, 0.3) is 0 Å². The highest BCUT2D eigenvalue weighted by atomic mass is 35.5. The van der Waals surface area contributed by atoms with E-state index in [1.807, 2.05) is 26.0 Å². The molecule has 1 atom stereocenters. The molecule has 0 aliphatic carbocycles. The standard InChI is InChI=1S/C37H42ClF3N4O5S2/c1-23(35(46)47)43(21-24-13-15-45(4,5)16-14-24)52(48,49)28-18-31(40)29(32(41)19-28)22-51-36-42-20-34(44(36)27-10-8-26(39)9-11-27)37(2,3)25-7-12-30(38)33(17-25)50-6/h7-12,17-20,23-24H,13-16,21-22H2,1-6H3/p+1/t23-/m1/s1. The summed E-state index contributed by atoms with van der Waals surface area (Å²) in [6.45, 7) is 6.69. The number of carbonyl (C=O) groups is 1. The lowest BCUT2D eigenvalue weighted by Gasteiger charge is -2.39. The lowest BCUT2D eigenvalue weighted by molar-refractivity contribution is -0.896. The van der Waals surface area contributed by atoms with Crippen LogP contribution in [-0.4, -0.2) is 84.7 Å². The number of piperidine rings is 1. The van der Waals surface area contributed by atoms with Crippen LogP contribution in [-0.2, 0) is 26.0 Å². The van der Waals surface area contributed by atoms with Crippen LogP contribution in [0.25, 0.3) is 5.69 Å². The average Bonchev–Trinajstić information content (AvgIpc) is 3.52. The van der Waals surface area contributed by atoms with E-state index in [4.69, 9.17) is 16.3 Å². The molecule has 3 aromatic carbocycles. The summed E-state index contributed by atoms with van der Waals surface area (Å²) in [6.07, 6.45) is 3.01. The number of thioether (sulfide) groups is 1. The van der Waals surface area contributed by atoms with Crippen molar-refractivity contribution in [1.82, 2.24) is 13.9 Å². The Bertz CT molecular complexity index is 2030. The van der Waals surface area contributed by atoms with Gasteiger partial charge in [-0.15, -0.1) is 0 Å². The van der Waals surface area contributed by atoms with E-state index >= 15 is 8.78 Å². The van der Waals surface area contributed by atoms with Crippen molar-refractivity contribution in [2.75, 3.05) is 40.8 Å².